The van der Waals surface area contributed by atoms with Gasteiger partial charge in [0.2, 0.25) is 11.1 Å². The van der Waals surface area contributed by atoms with Crippen molar-refractivity contribution in [1.82, 2.24) is 29.7 Å². The molecule has 0 unspecified atom stereocenters. The maximum atomic E-state index is 4.43. The van der Waals surface area contributed by atoms with E-state index in [4.69, 9.17) is 0 Å². The highest BCUT2D eigenvalue weighted by Crippen LogP contribution is 2.27. The molecule has 0 saturated heterocycles. The van der Waals surface area contributed by atoms with Gasteiger partial charge in [-0.15, -0.1) is 11.3 Å². The summed E-state index contributed by atoms with van der Waals surface area (Å²) in [4.78, 5) is 17.5. The largest absolute Gasteiger partial charge is 0.354 e. The number of hydrogen-bond donors (Lipinski definition) is 1. The second-order valence-corrected chi connectivity index (χ2v) is 6.13. The number of thiazole rings is 1. The van der Waals surface area contributed by atoms with E-state index >= 15 is 0 Å². The third-order valence-corrected chi connectivity index (χ3v) is 4.18. The normalized spacial score (nSPS) is 10.7. The van der Waals surface area contributed by atoms with Crippen LogP contribution in [0.1, 0.15) is 13.3 Å². The quantitative estimate of drug-likeness (QED) is 0.747. The Bertz CT molecular complexity index is 682. The van der Waals surface area contributed by atoms with Crippen molar-refractivity contribution >= 4 is 29.0 Å². The van der Waals surface area contributed by atoms with Crippen LogP contribution in [0.15, 0.2) is 39.5 Å². The molecule has 9 heteroatoms. The number of rotatable bonds is 6. The van der Waals surface area contributed by atoms with E-state index < -0.39 is 0 Å². The van der Waals surface area contributed by atoms with Crippen molar-refractivity contribution in [3.8, 4) is 5.95 Å². The van der Waals surface area contributed by atoms with Crippen molar-refractivity contribution in [2.75, 3.05) is 11.9 Å². The summed E-state index contributed by atoms with van der Waals surface area (Å²) < 4.78 is 2.51. The minimum atomic E-state index is 0.493. The van der Waals surface area contributed by atoms with E-state index in [0.717, 1.165) is 17.3 Å². The topological polar surface area (TPSA) is 81.4 Å². The first-order chi connectivity index (χ1) is 10.3. The first-order valence-electron chi connectivity index (χ1n) is 6.42. The average Bonchev–Trinajstić information content (AvgIpc) is 3.18. The number of nitrogens with zero attached hydrogens (tertiary/aromatic N) is 6. The average molecular weight is 319 g/mol. The summed E-state index contributed by atoms with van der Waals surface area (Å²) >= 11 is 2.97. The molecule has 0 aromatic carbocycles. The van der Waals surface area contributed by atoms with Crippen LogP contribution in [0.4, 0.5) is 5.95 Å². The lowest BCUT2D eigenvalue weighted by molar-refractivity contribution is 0.758. The molecular weight excluding hydrogens is 306 g/mol. The fourth-order valence-electron chi connectivity index (χ4n) is 1.54. The lowest BCUT2D eigenvalue weighted by Gasteiger charge is -2.07. The molecule has 0 spiro atoms. The molecular formula is C12H13N7S2. The Kier molecular flexibility index (Phi) is 4.41. The molecule has 7 nitrogen and oxygen atoms in total. The van der Waals surface area contributed by atoms with E-state index in [2.05, 4.69) is 37.3 Å². The highest BCUT2D eigenvalue weighted by molar-refractivity contribution is 8.00. The van der Waals surface area contributed by atoms with Crippen molar-refractivity contribution in [2.24, 2.45) is 0 Å². The fraction of sp³-hybridized carbons (Fsp3) is 0.250. The van der Waals surface area contributed by atoms with E-state index in [1.54, 1.807) is 34.6 Å². The number of nitrogens with one attached hydrogen (secondary N) is 1. The third-order valence-electron chi connectivity index (χ3n) is 2.43. The van der Waals surface area contributed by atoms with Crippen molar-refractivity contribution in [3.05, 3.63) is 30.0 Å². The highest BCUT2D eigenvalue weighted by Gasteiger charge is 2.10. The monoisotopic (exact) mass is 319 g/mol. The van der Waals surface area contributed by atoms with E-state index in [9.17, 15) is 0 Å². The lowest BCUT2D eigenvalue weighted by Crippen LogP contribution is -2.10. The van der Waals surface area contributed by atoms with Gasteiger partial charge in [0.1, 0.15) is 0 Å². The molecule has 0 fully saturated rings. The van der Waals surface area contributed by atoms with Gasteiger partial charge in [0.25, 0.3) is 5.95 Å². The second-order valence-electron chi connectivity index (χ2n) is 4.02. The highest BCUT2D eigenvalue weighted by atomic mass is 32.2. The Balaban J connectivity index is 1.92. The number of anilines is 1. The standard InChI is InChI=1S/C12H13N7S2/c1-2-4-13-9-16-10(19-7-3-5-15-19)18-11(17-9)21-12-14-6-8-20-12/h3,5-8H,2,4H2,1H3,(H,13,16,17,18). The summed E-state index contributed by atoms with van der Waals surface area (Å²) in [5.41, 5.74) is 0. The maximum Gasteiger partial charge on any atom is 0.256 e. The molecule has 0 bridgehead atoms. The summed E-state index contributed by atoms with van der Waals surface area (Å²) in [6.07, 6.45) is 6.25. The smallest absolute Gasteiger partial charge is 0.256 e. The molecule has 0 atom stereocenters. The van der Waals surface area contributed by atoms with Gasteiger partial charge in [0.15, 0.2) is 4.34 Å². The summed E-state index contributed by atoms with van der Waals surface area (Å²) in [5.74, 6) is 1.05. The minimum Gasteiger partial charge on any atom is -0.354 e. The summed E-state index contributed by atoms with van der Waals surface area (Å²) in [6.45, 7) is 2.90. The van der Waals surface area contributed by atoms with Gasteiger partial charge in [-0.25, -0.2) is 9.67 Å². The predicted molar refractivity (Wildman–Crippen MR) is 82.0 cm³/mol. The molecule has 0 radical (unpaired) electrons. The molecule has 3 aromatic rings. The fourth-order valence-corrected chi connectivity index (χ4v) is 3.01. The predicted octanol–water partition coefficient (Wildman–Crippen LogP) is 2.49. The van der Waals surface area contributed by atoms with Crippen LogP contribution >= 0.6 is 23.1 Å². The third kappa shape index (κ3) is 3.56. The van der Waals surface area contributed by atoms with Gasteiger partial charge >= 0.3 is 0 Å². The number of aromatic nitrogens is 6. The van der Waals surface area contributed by atoms with Gasteiger partial charge < -0.3 is 5.32 Å². The van der Waals surface area contributed by atoms with Crippen LogP contribution in [0.5, 0.6) is 0 Å². The molecule has 1 N–H and O–H groups in total. The Morgan fingerprint density at radius 1 is 1.29 bits per heavy atom. The van der Waals surface area contributed by atoms with Crippen molar-refractivity contribution < 1.29 is 0 Å². The number of hydrogen-bond acceptors (Lipinski definition) is 8. The van der Waals surface area contributed by atoms with Crippen LogP contribution in [0.2, 0.25) is 0 Å². The minimum absolute atomic E-state index is 0.493. The van der Waals surface area contributed by atoms with Gasteiger partial charge in [-0.2, -0.15) is 20.1 Å². The summed E-state index contributed by atoms with van der Waals surface area (Å²) in [7, 11) is 0. The SMILES string of the molecule is CCCNc1nc(Sc2nccs2)nc(-n2cccn2)n1. The summed E-state index contributed by atoms with van der Waals surface area (Å²) in [5, 5.41) is 9.87. The lowest BCUT2D eigenvalue weighted by atomic mass is 10.5. The molecule has 0 saturated carbocycles. The molecule has 0 amide bonds. The Hall–Kier alpha value is -2.00. The van der Waals surface area contributed by atoms with Crippen LogP contribution in [0.3, 0.4) is 0 Å². The second kappa shape index (κ2) is 6.64. The van der Waals surface area contributed by atoms with Crippen molar-refractivity contribution in [1.29, 1.82) is 0 Å². The van der Waals surface area contributed by atoms with Crippen LogP contribution in [-0.4, -0.2) is 36.3 Å². The summed E-state index contributed by atoms with van der Waals surface area (Å²) in [6, 6.07) is 1.83. The molecule has 21 heavy (non-hydrogen) atoms. The van der Waals surface area contributed by atoms with E-state index in [0.29, 0.717) is 17.1 Å². The van der Waals surface area contributed by atoms with Crippen molar-refractivity contribution in [3.63, 3.8) is 0 Å². The van der Waals surface area contributed by atoms with Gasteiger partial charge in [-0.05, 0) is 24.2 Å². The van der Waals surface area contributed by atoms with E-state index in [-0.39, 0.29) is 0 Å². The maximum absolute atomic E-state index is 4.43. The Labute approximate surface area is 129 Å². The Morgan fingerprint density at radius 2 is 2.24 bits per heavy atom. The van der Waals surface area contributed by atoms with Gasteiger partial charge in [-0.1, -0.05) is 6.92 Å². The van der Waals surface area contributed by atoms with Gasteiger partial charge in [-0.3, -0.25) is 0 Å². The molecule has 3 aromatic heterocycles. The molecule has 3 heterocycles. The van der Waals surface area contributed by atoms with E-state index in [1.807, 2.05) is 11.4 Å². The zero-order valence-corrected chi connectivity index (χ0v) is 12.9. The zero-order valence-electron chi connectivity index (χ0n) is 11.3. The molecule has 3 rings (SSSR count). The molecule has 0 aliphatic carbocycles. The van der Waals surface area contributed by atoms with Crippen LogP contribution < -0.4 is 5.32 Å². The first kappa shape index (κ1) is 14.0. The molecule has 108 valence electrons. The zero-order chi connectivity index (χ0) is 14.5. The van der Waals surface area contributed by atoms with Gasteiger partial charge in [0.05, 0.1) is 0 Å². The van der Waals surface area contributed by atoms with Crippen LogP contribution in [0, 0.1) is 0 Å². The van der Waals surface area contributed by atoms with Gasteiger partial charge in [0, 0.05) is 30.5 Å². The van der Waals surface area contributed by atoms with E-state index in [1.165, 1.54) is 11.8 Å². The Morgan fingerprint density at radius 3 is 2.95 bits per heavy atom. The van der Waals surface area contributed by atoms with Crippen LogP contribution in [-0.2, 0) is 0 Å². The van der Waals surface area contributed by atoms with Crippen molar-refractivity contribution in [2.45, 2.75) is 22.8 Å². The van der Waals surface area contributed by atoms with Crippen LogP contribution in [0.25, 0.3) is 5.95 Å². The molecule has 0 aliphatic rings. The molecule has 0 aliphatic heterocycles. The first-order valence-corrected chi connectivity index (χ1v) is 8.12.